The van der Waals surface area contributed by atoms with Crippen LogP contribution < -0.4 is 15.5 Å². The van der Waals surface area contributed by atoms with Crippen LogP contribution in [0.15, 0.2) is 54.7 Å². The van der Waals surface area contributed by atoms with Gasteiger partial charge in [-0.25, -0.2) is 13.8 Å². The molecule has 2 aromatic carbocycles. The molecular weight excluding hydrogens is 410 g/mol. The molecule has 0 bridgehead atoms. The summed E-state index contributed by atoms with van der Waals surface area (Å²) in [6.07, 6.45) is 1.40. The third-order valence-electron chi connectivity index (χ3n) is 4.90. The molecule has 0 atom stereocenters. The van der Waals surface area contributed by atoms with Crippen molar-refractivity contribution >= 4 is 34.6 Å². The Balaban J connectivity index is 1.49. The van der Waals surface area contributed by atoms with Crippen molar-refractivity contribution in [3.8, 4) is 0 Å². The zero-order chi connectivity index (χ0) is 21.1. The zero-order valence-corrected chi connectivity index (χ0v) is 16.7. The largest absolute Gasteiger partial charge is 0.369 e. The molecule has 1 saturated heterocycles. The SMILES string of the molecule is O=C(c1ccc(Nc2ccc(F)cc2F)nc1)c1ccc(N2CCNCC2)cc1Cl. The van der Waals surface area contributed by atoms with Crippen LogP contribution in [-0.2, 0) is 0 Å². The molecule has 2 heterocycles. The van der Waals surface area contributed by atoms with Crippen LogP contribution in [0.2, 0.25) is 5.02 Å². The van der Waals surface area contributed by atoms with Crippen LogP contribution >= 0.6 is 11.6 Å². The first-order valence-corrected chi connectivity index (χ1v) is 9.87. The van der Waals surface area contributed by atoms with Crippen molar-refractivity contribution in [2.24, 2.45) is 0 Å². The van der Waals surface area contributed by atoms with Crippen molar-refractivity contribution in [1.82, 2.24) is 10.3 Å². The lowest BCUT2D eigenvalue weighted by Crippen LogP contribution is -2.43. The number of pyridine rings is 1. The fourth-order valence-corrected chi connectivity index (χ4v) is 3.55. The van der Waals surface area contributed by atoms with Crippen molar-refractivity contribution in [3.63, 3.8) is 0 Å². The van der Waals surface area contributed by atoms with Crippen molar-refractivity contribution in [1.29, 1.82) is 0 Å². The van der Waals surface area contributed by atoms with Gasteiger partial charge in [0.1, 0.15) is 17.5 Å². The summed E-state index contributed by atoms with van der Waals surface area (Å²) in [5, 5.41) is 6.44. The normalized spacial score (nSPS) is 13.9. The van der Waals surface area contributed by atoms with E-state index in [-0.39, 0.29) is 11.5 Å². The number of aromatic nitrogens is 1. The number of rotatable bonds is 5. The Labute approximate surface area is 177 Å². The lowest BCUT2D eigenvalue weighted by atomic mass is 10.0. The van der Waals surface area contributed by atoms with E-state index in [4.69, 9.17) is 11.6 Å². The lowest BCUT2D eigenvalue weighted by molar-refractivity contribution is 0.103. The summed E-state index contributed by atoms with van der Waals surface area (Å²) in [5.74, 6) is -1.31. The second kappa shape index (κ2) is 8.77. The molecule has 0 unspecified atom stereocenters. The van der Waals surface area contributed by atoms with E-state index in [0.29, 0.717) is 22.0 Å². The van der Waals surface area contributed by atoms with Crippen molar-refractivity contribution in [2.75, 3.05) is 36.4 Å². The van der Waals surface area contributed by atoms with E-state index in [9.17, 15) is 13.6 Å². The second-order valence-corrected chi connectivity index (χ2v) is 7.32. The average Bonchev–Trinajstić information content (AvgIpc) is 2.76. The minimum atomic E-state index is -0.728. The molecule has 0 amide bonds. The summed E-state index contributed by atoms with van der Waals surface area (Å²) < 4.78 is 26.8. The number of nitrogens with one attached hydrogen (secondary N) is 2. The molecule has 1 aliphatic rings. The number of piperazine rings is 1. The maximum Gasteiger partial charge on any atom is 0.196 e. The Morgan fingerprint density at radius 2 is 1.87 bits per heavy atom. The van der Waals surface area contributed by atoms with Gasteiger partial charge in [0, 0.05) is 55.3 Å². The predicted molar refractivity (Wildman–Crippen MR) is 114 cm³/mol. The maximum absolute atomic E-state index is 13.8. The van der Waals surface area contributed by atoms with Gasteiger partial charge in [-0.3, -0.25) is 4.79 Å². The Bertz CT molecular complexity index is 1070. The first kappa shape index (κ1) is 20.3. The molecule has 30 heavy (non-hydrogen) atoms. The lowest BCUT2D eigenvalue weighted by Gasteiger charge is -2.29. The minimum Gasteiger partial charge on any atom is -0.369 e. The minimum absolute atomic E-state index is 0.0922. The van der Waals surface area contributed by atoms with Gasteiger partial charge in [0.05, 0.1) is 10.7 Å². The van der Waals surface area contributed by atoms with E-state index in [1.807, 2.05) is 6.07 Å². The van der Waals surface area contributed by atoms with Crippen LogP contribution in [0, 0.1) is 11.6 Å². The molecule has 154 valence electrons. The molecule has 5 nitrogen and oxygen atoms in total. The van der Waals surface area contributed by atoms with Crippen LogP contribution in [-0.4, -0.2) is 36.9 Å². The highest BCUT2D eigenvalue weighted by Crippen LogP contribution is 2.26. The molecule has 1 fully saturated rings. The number of halogens is 3. The molecule has 0 saturated carbocycles. The molecular formula is C22H19ClF2N4O. The van der Waals surface area contributed by atoms with Crippen LogP contribution in [0.25, 0.3) is 0 Å². The molecule has 0 radical (unpaired) electrons. The van der Waals surface area contributed by atoms with Crippen molar-refractivity contribution < 1.29 is 13.6 Å². The Hall–Kier alpha value is -3.03. The van der Waals surface area contributed by atoms with E-state index < -0.39 is 11.6 Å². The number of hydrogen-bond acceptors (Lipinski definition) is 5. The van der Waals surface area contributed by atoms with Gasteiger partial charge in [-0.05, 0) is 42.5 Å². The van der Waals surface area contributed by atoms with Crippen LogP contribution in [0.5, 0.6) is 0 Å². The first-order valence-electron chi connectivity index (χ1n) is 9.49. The fourth-order valence-electron chi connectivity index (χ4n) is 3.29. The molecule has 1 aliphatic heterocycles. The molecule has 0 aliphatic carbocycles. The molecule has 2 N–H and O–H groups in total. The maximum atomic E-state index is 13.8. The molecule has 1 aromatic heterocycles. The van der Waals surface area contributed by atoms with E-state index in [1.165, 1.54) is 12.3 Å². The summed E-state index contributed by atoms with van der Waals surface area (Å²) in [5.41, 5.74) is 1.83. The van der Waals surface area contributed by atoms with Gasteiger partial charge in [0.2, 0.25) is 0 Å². The van der Waals surface area contributed by atoms with Crippen molar-refractivity contribution in [3.05, 3.63) is 82.5 Å². The number of benzene rings is 2. The second-order valence-electron chi connectivity index (χ2n) is 6.91. The predicted octanol–water partition coefficient (Wildman–Crippen LogP) is 4.40. The molecule has 3 aromatic rings. The molecule has 0 spiro atoms. The monoisotopic (exact) mass is 428 g/mol. The average molecular weight is 429 g/mol. The zero-order valence-electron chi connectivity index (χ0n) is 16.0. The van der Waals surface area contributed by atoms with E-state index in [1.54, 1.807) is 24.3 Å². The van der Waals surface area contributed by atoms with Crippen LogP contribution in [0.4, 0.5) is 26.0 Å². The Kier molecular flexibility index (Phi) is 5.92. The van der Waals surface area contributed by atoms with E-state index in [2.05, 4.69) is 20.5 Å². The Morgan fingerprint density at radius 1 is 1.07 bits per heavy atom. The third-order valence-corrected chi connectivity index (χ3v) is 5.21. The van der Waals surface area contributed by atoms with Gasteiger partial charge >= 0.3 is 0 Å². The summed E-state index contributed by atoms with van der Waals surface area (Å²) in [6.45, 7) is 3.59. The summed E-state index contributed by atoms with van der Waals surface area (Å²) in [6, 6.07) is 11.8. The van der Waals surface area contributed by atoms with E-state index in [0.717, 1.165) is 44.0 Å². The number of ketones is 1. The number of carbonyl (C=O) groups excluding carboxylic acids is 1. The highest BCUT2D eigenvalue weighted by molar-refractivity contribution is 6.35. The number of nitrogens with zero attached hydrogens (tertiary/aromatic N) is 2. The standard InChI is InChI=1S/C22H19ClF2N4O/c23-18-12-16(29-9-7-26-8-10-29)3-4-17(18)22(30)14-1-6-21(27-13-14)28-20-5-2-15(24)11-19(20)25/h1-6,11-13,26H,7-10H2,(H,27,28). The van der Waals surface area contributed by atoms with Gasteiger partial charge in [-0.15, -0.1) is 0 Å². The highest BCUT2D eigenvalue weighted by Gasteiger charge is 2.17. The number of anilines is 3. The quantitative estimate of drug-likeness (QED) is 0.590. The fraction of sp³-hybridized carbons (Fsp3) is 0.182. The molecule has 8 heteroatoms. The third kappa shape index (κ3) is 4.42. The van der Waals surface area contributed by atoms with Gasteiger partial charge in [-0.2, -0.15) is 0 Å². The van der Waals surface area contributed by atoms with Crippen molar-refractivity contribution in [2.45, 2.75) is 0 Å². The summed E-state index contributed by atoms with van der Waals surface area (Å²) in [7, 11) is 0. The summed E-state index contributed by atoms with van der Waals surface area (Å²) >= 11 is 6.39. The molecule has 4 rings (SSSR count). The van der Waals surface area contributed by atoms with Crippen LogP contribution in [0.3, 0.4) is 0 Å². The van der Waals surface area contributed by atoms with Gasteiger partial charge in [0.25, 0.3) is 0 Å². The van der Waals surface area contributed by atoms with Gasteiger partial charge in [0.15, 0.2) is 5.78 Å². The van der Waals surface area contributed by atoms with E-state index >= 15 is 0 Å². The van der Waals surface area contributed by atoms with Gasteiger partial charge in [-0.1, -0.05) is 11.6 Å². The van der Waals surface area contributed by atoms with Crippen LogP contribution in [0.1, 0.15) is 15.9 Å². The topological polar surface area (TPSA) is 57.3 Å². The number of hydrogen-bond donors (Lipinski definition) is 2. The first-order chi connectivity index (χ1) is 14.5. The van der Waals surface area contributed by atoms with Gasteiger partial charge < -0.3 is 15.5 Å². The summed E-state index contributed by atoms with van der Waals surface area (Å²) in [4.78, 5) is 19.2. The smallest absolute Gasteiger partial charge is 0.196 e. The Morgan fingerprint density at radius 3 is 2.53 bits per heavy atom. The number of carbonyl (C=O) groups is 1. The highest BCUT2D eigenvalue weighted by atomic mass is 35.5.